The number of carbonyl (C=O) groups excluding carboxylic acids is 2. The molecule has 3 atom stereocenters. The fraction of sp³-hybridized carbons (Fsp3) is 0.529. The third-order valence-corrected chi connectivity index (χ3v) is 3.77. The number of hydrogen-bond donors (Lipinski definition) is 1. The Balaban J connectivity index is 2.02. The van der Waals surface area contributed by atoms with Gasteiger partial charge in [0.25, 0.3) is 0 Å². The van der Waals surface area contributed by atoms with E-state index in [2.05, 4.69) is 5.32 Å². The fourth-order valence-electron chi connectivity index (χ4n) is 2.77. The number of ether oxygens (including phenoxy) is 2. The van der Waals surface area contributed by atoms with Crippen LogP contribution >= 0.6 is 0 Å². The Kier molecular flexibility index (Phi) is 5.98. The van der Waals surface area contributed by atoms with Crippen LogP contribution in [0, 0.1) is 0 Å². The molecule has 0 bridgehead atoms. The molecule has 2 rings (SSSR count). The Morgan fingerprint density at radius 3 is 2.43 bits per heavy atom. The third kappa shape index (κ3) is 4.96. The van der Waals surface area contributed by atoms with Gasteiger partial charge in [-0.3, -0.25) is 0 Å². The highest BCUT2D eigenvalue weighted by Crippen LogP contribution is 2.11. The highest BCUT2D eigenvalue weighted by Gasteiger charge is 2.29. The number of morpholine rings is 1. The number of methoxy groups -OCH3 is 1. The molecule has 23 heavy (non-hydrogen) atoms. The number of nitrogens with one attached hydrogen (secondary N) is 1. The summed E-state index contributed by atoms with van der Waals surface area (Å²) in [6.45, 7) is 4.88. The van der Waals surface area contributed by atoms with Gasteiger partial charge in [-0.2, -0.15) is 0 Å². The van der Waals surface area contributed by atoms with E-state index in [9.17, 15) is 9.59 Å². The fourth-order valence-corrected chi connectivity index (χ4v) is 2.77. The van der Waals surface area contributed by atoms with E-state index in [-0.39, 0.29) is 18.2 Å². The maximum Gasteiger partial charge on any atom is 0.328 e. The Hall–Kier alpha value is -2.08. The van der Waals surface area contributed by atoms with Crippen LogP contribution in [0.3, 0.4) is 0 Å². The van der Waals surface area contributed by atoms with Gasteiger partial charge < -0.3 is 19.7 Å². The summed E-state index contributed by atoms with van der Waals surface area (Å²) >= 11 is 0. The Morgan fingerprint density at radius 2 is 1.87 bits per heavy atom. The van der Waals surface area contributed by atoms with Crippen molar-refractivity contribution < 1.29 is 19.1 Å². The normalized spacial score (nSPS) is 22.3. The van der Waals surface area contributed by atoms with E-state index in [0.717, 1.165) is 5.56 Å². The van der Waals surface area contributed by atoms with Crippen molar-refractivity contribution in [1.82, 2.24) is 10.2 Å². The minimum absolute atomic E-state index is 0.0183. The minimum atomic E-state index is -0.705. The van der Waals surface area contributed by atoms with Crippen molar-refractivity contribution in [2.75, 3.05) is 20.2 Å². The summed E-state index contributed by atoms with van der Waals surface area (Å²) in [4.78, 5) is 26.1. The molecule has 1 N–H and O–H groups in total. The van der Waals surface area contributed by atoms with E-state index in [4.69, 9.17) is 9.47 Å². The van der Waals surface area contributed by atoms with Crippen LogP contribution in [0.25, 0.3) is 0 Å². The Labute approximate surface area is 136 Å². The van der Waals surface area contributed by atoms with E-state index >= 15 is 0 Å². The summed E-state index contributed by atoms with van der Waals surface area (Å²) in [6.07, 6.45) is 0.361. The minimum Gasteiger partial charge on any atom is -0.467 e. The van der Waals surface area contributed by atoms with Gasteiger partial charge in [-0.15, -0.1) is 0 Å². The molecule has 1 aromatic rings. The summed E-state index contributed by atoms with van der Waals surface area (Å²) in [5.41, 5.74) is 0.965. The number of nitrogens with zero attached hydrogens (tertiary/aromatic N) is 1. The second kappa shape index (κ2) is 7.97. The van der Waals surface area contributed by atoms with Gasteiger partial charge >= 0.3 is 12.0 Å². The SMILES string of the molecule is COC(=O)[C@H](Cc1ccccc1)NC(=O)N1C[C@H](C)O[C@@H](C)C1. The number of rotatable bonds is 4. The van der Waals surface area contributed by atoms with Crippen molar-refractivity contribution in [2.45, 2.75) is 38.5 Å². The van der Waals surface area contributed by atoms with E-state index in [0.29, 0.717) is 19.5 Å². The number of esters is 1. The topological polar surface area (TPSA) is 67.9 Å². The van der Waals surface area contributed by atoms with Crippen LogP contribution in [-0.2, 0) is 20.7 Å². The molecule has 0 spiro atoms. The number of amides is 2. The van der Waals surface area contributed by atoms with Crippen molar-refractivity contribution in [1.29, 1.82) is 0 Å². The van der Waals surface area contributed by atoms with Crippen molar-refractivity contribution >= 4 is 12.0 Å². The first-order chi connectivity index (χ1) is 11.0. The van der Waals surface area contributed by atoms with E-state index in [1.54, 1.807) is 4.90 Å². The molecule has 0 aromatic heterocycles. The first-order valence-corrected chi connectivity index (χ1v) is 7.82. The molecule has 6 nitrogen and oxygen atoms in total. The lowest BCUT2D eigenvalue weighted by Gasteiger charge is -2.35. The second-order valence-corrected chi connectivity index (χ2v) is 5.88. The maximum absolute atomic E-state index is 12.5. The molecule has 0 radical (unpaired) electrons. The largest absolute Gasteiger partial charge is 0.467 e. The van der Waals surface area contributed by atoms with Crippen LogP contribution in [-0.4, -0.2) is 55.3 Å². The molecule has 1 saturated heterocycles. The molecule has 2 amide bonds. The molecule has 0 unspecified atom stereocenters. The molecule has 126 valence electrons. The summed E-state index contributed by atoms with van der Waals surface area (Å²) < 4.78 is 10.4. The molecular weight excluding hydrogens is 296 g/mol. The van der Waals surface area contributed by atoms with Crippen LogP contribution in [0.15, 0.2) is 30.3 Å². The van der Waals surface area contributed by atoms with E-state index < -0.39 is 12.0 Å². The standard InChI is InChI=1S/C17H24N2O4/c1-12-10-19(11-13(2)23-12)17(21)18-15(16(20)22-3)9-14-7-5-4-6-8-14/h4-8,12-13,15H,9-11H2,1-3H3,(H,18,21)/t12-,13-,15-/m0/s1. The summed E-state index contributed by atoms with van der Waals surface area (Å²) in [7, 11) is 1.32. The van der Waals surface area contributed by atoms with Gasteiger partial charge in [0.05, 0.1) is 19.3 Å². The Bertz CT molecular complexity index is 525. The highest BCUT2D eigenvalue weighted by molar-refractivity contribution is 5.84. The van der Waals surface area contributed by atoms with Crippen LogP contribution < -0.4 is 5.32 Å². The van der Waals surface area contributed by atoms with Gasteiger partial charge in [0.1, 0.15) is 6.04 Å². The molecule has 1 fully saturated rings. The van der Waals surface area contributed by atoms with Crippen molar-refractivity contribution in [3.05, 3.63) is 35.9 Å². The predicted molar refractivity (Wildman–Crippen MR) is 86.1 cm³/mol. The quantitative estimate of drug-likeness (QED) is 0.856. The van der Waals surface area contributed by atoms with Crippen molar-refractivity contribution in [3.63, 3.8) is 0 Å². The molecule has 1 aliphatic rings. The van der Waals surface area contributed by atoms with Crippen LogP contribution in [0.5, 0.6) is 0 Å². The average molecular weight is 320 g/mol. The third-order valence-electron chi connectivity index (χ3n) is 3.77. The zero-order valence-electron chi connectivity index (χ0n) is 13.8. The molecule has 1 aliphatic heterocycles. The average Bonchev–Trinajstić information content (AvgIpc) is 2.53. The van der Waals surface area contributed by atoms with Gasteiger partial charge in [0.15, 0.2) is 0 Å². The zero-order chi connectivity index (χ0) is 16.8. The number of urea groups is 1. The monoisotopic (exact) mass is 320 g/mol. The molecule has 1 heterocycles. The summed E-state index contributed by atoms with van der Waals surface area (Å²) in [5.74, 6) is -0.448. The molecule has 0 aliphatic carbocycles. The van der Waals surface area contributed by atoms with Gasteiger partial charge in [0, 0.05) is 19.5 Å². The first-order valence-electron chi connectivity index (χ1n) is 7.82. The van der Waals surface area contributed by atoms with Crippen molar-refractivity contribution in [3.8, 4) is 0 Å². The first kappa shape index (κ1) is 17.3. The van der Waals surface area contributed by atoms with Gasteiger partial charge in [-0.25, -0.2) is 9.59 Å². The molecule has 6 heteroatoms. The maximum atomic E-state index is 12.5. The number of carbonyl (C=O) groups is 2. The second-order valence-electron chi connectivity index (χ2n) is 5.88. The molecular formula is C17H24N2O4. The molecule has 1 aromatic carbocycles. The lowest BCUT2D eigenvalue weighted by molar-refractivity contribution is -0.142. The number of hydrogen-bond acceptors (Lipinski definition) is 4. The number of benzene rings is 1. The van der Waals surface area contributed by atoms with Crippen molar-refractivity contribution in [2.24, 2.45) is 0 Å². The van der Waals surface area contributed by atoms with Gasteiger partial charge in [-0.05, 0) is 19.4 Å². The van der Waals surface area contributed by atoms with Gasteiger partial charge in [0.2, 0.25) is 0 Å². The summed E-state index contributed by atoms with van der Waals surface area (Å²) in [6, 6.07) is 8.57. The molecule has 0 saturated carbocycles. The zero-order valence-corrected chi connectivity index (χ0v) is 13.8. The Morgan fingerprint density at radius 1 is 1.26 bits per heavy atom. The van der Waals surface area contributed by atoms with Gasteiger partial charge in [-0.1, -0.05) is 30.3 Å². The van der Waals surface area contributed by atoms with Crippen LogP contribution in [0.2, 0.25) is 0 Å². The smallest absolute Gasteiger partial charge is 0.328 e. The lowest BCUT2D eigenvalue weighted by atomic mass is 10.1. The predicted octanol–water partition coefficient (Wildman–Crippen LogP) is 1.59. The van der Waals surface area contributed by atoms with E-state index in [1.807, 2.05) is 44.2 Å². The lowest BCUT2D eigenvalue weighted by Crippen LogP contribution is -2.55. The van der Waals surface area contributed by atoms with Crippen LogP contribution in [0.4, 0.5) is 4.79 Å². The summed E-state index contributed by atoms with van der Waals surface area (Å²) in [5, 5.41) is 2.78. The van der Waals surface area contributed by atoms with E-state index in [1.165, 1.54) is 7.11 Å². The highest BCUT2D eigenvalue weighted by atomic mass is 16.5. The van der Waals surface area contributed by atoms with Crippen LogP contribution in [0.1, 0.15) is 19.4 Å².